The minimum Gasteiger partial charge on any atom is -0.383 e. The molecule has 4 rings (SSSR count). The Labute approximate surface area is 183 Å². The van der Waals surface area contributed by atoms with Gasteiger partial charge in [-0.05, 0) is 37.8 Å². The number of thiazole rings is 1. The third-order valence-corrected chi connectivity index (χ3v) is 7.27. The number of piperazine rings is 1. The molecule has 162 valence electrons. The van der Waals surface area contributed by atoms with Gasteiger partial charge in [-0.25, -0.2) is 4.98 Å². The number of carbonyl (C=O) groups excluding carboxylic acids is 1. The van der Waals surface area contributed by atoms with E-state index in [9.17, 15) is 4.79 Å². The summed E-state index contributed by atoms with van der Waals surface area (Å²) in [6.07, 6.45) is 6.79. The number of ether oxygens (including phenoxy) is 1. The molecule has 1 fully saturated rings. The highest BCUT2D eigenvalue weighted by Crippen LogP contribution is 2.21. The maximum atomic E-state index is 13.1. The first-order chi connectivity index (χ1) is 14.7. The lowest BCUT2D eigenvalue weighted by atomic mass is 10.0. The standard InChI is InChI=1S/C23H32N4O2S/c1-29-16-15-27(19-7-3-2-4-8-19)23(28)18-26-13-11-25(12-14-26)17-22-24-20-9-5-6-10-21(20)30-22/h5-7,9-10H,2-4,8,11-18H2,1H3/p+2. The van der Waals surface area contributed by atoms with Crippen LogP contribution in [0.3, 0.4) is 0 Å². The summed E-state index contributed by atoms with van der Waals surface area (Å²) < 4.78 is 6.53. The van der Waals surface area contributed by atoms with Crippen molar-refractivity contribution in [3.05, 3.63) is 41.0 Å². The molecule has 1 aliphatic carbocycles. The number of hydrogen-bond donors (Lipinski definition) is 2. The van der Waals surface area contributed by atoms with Crippen molar-refractivity contribution in [3.63, 3.8) is 0 Å². The molecule has 2 N–H and O–H groups in total. The fourth-order valence-electron chi connectivity index (χ4n) is 4.51. The van der Waals surface area contributed by atoms with Crippen molar-refractivity contribution in [2.24, 2.45) is 0 Å². The van der Waals surface area contributed by atoms with Gasteiger partial charge in [-0.1, -0.05) is 18.2 Å². The maximum Gasteiger partial charge on any atom is 0.281 e. The van der Waals surface area contributed by atoms with Crippen LogP contribution in [0.4, 0.5) is 0 Å². The van der Waals surface area contributed by atoms with Crippen LogP contribution in [0.1, 0.15) is 30.7 Å². The number of methoxy groups -OCH3 is 1. The molecule has 1 aliphatic heterocycles. The highest BCUT2D eigenvalue weighted by atomic mass is 32.1. The first kappa shape index (κ1) is 21.4. The number of aromatic nitrogens is 1. The largest absolute Gasteiger partial charge is 0.383 e. The molecule has 2 aromatic rings. The summed E-state index contributed by atoms with van der Waals surface area (Å²) in [5.41, 5.74) is 2.32. The highest BCUT2D eigenvalue weighted by Gasteiger charge is 2.28. The van der Waals surface area contributed by atoms with Gasteiger partial charge in [0.15, 0.2) is 6.54 Å². The lowest BCUT2D eigenvalue weighted by Gasteiger charge is -2.32. The normalized spacial score (nSPS) is 22.1. The summed E-state index contributed by atoms with van der Waals surface area (Å²) in [5.74, 6) is 0.254. The summed E-state index contributed by atoms with van der Waals surface area (Å²) in [7, 11) is 1.70. The van der Waals surface area contributed by atoms with Crippen molar-refractivity contribution in [1.29, 1.82) is 0 Å². The van der Waals surface area contributed by atoms with Gasteiger partial charge in [0.1, 0.15) is 37.7 Å². The number of quaternary nitrogens is 2. The van der Waals surface area contributed by atoms with Crippen LogP contribution in [0.5, 0.6) is 0 Å². The zero-order valence-corrected chi connectivity index (χ0v) is 18.8. The van der Waals surface area contributed by atoms with Crippen molar-refractivity contribution < 1.29 is 19.3 Å². The van der Waals surface area contributed by atoms with Crippen LogP contribution in [-0.2, 0) is 16.1 Å². The summed E-state index contributed by atoms with van der Waals surface area (Å²) in [4.78, 5) is 22.9. The Morgan fingerprint density at radius 2 is 1.97 bits per heavy atom. The van der Waals surface area contributed by atoms with E-state index in [1.165, 1.54) is 33.1 Å². The minimum atomic E-state index is 0.254. The smallest absolute Gasteiger partial charge is 0.281 e. The number of para-hydroxylation sites is 1. The van der Waals surface area contributed by atoms with Crippen LogP contribution in [-0.4, -0.2) is 68.8 Å². The van der Waals surface area contributed by atoms with Crippen LogP contribution in [0, 0.1) is 0 Å². The van der Waals surface area contributed by atoms with E-state index in [1.54, 1.807) is 12.0 Å². The van der Waals surface area contributed by atoms with Crippen molar-refractivity contribution >= 4 is 27.5 Å². The first-order valence-corrected chi connectivity index (χ1v) is 12.0. The Kier molecular flexibility index (Phi) is 7.49. The van der Waals surface area contributed by atoms with E-state index in [4.69, 9.17) is 9.72 Å². The quantitative estimate of drug-likeness (QED) is 0.642. The molecular formula is C23H34N4O2S+2. The van der Waals surface area contributed by atoms with Crippen molar-refractivity contribution in [2.45, 2.75) is 32.2 Å². The molecule has 1 saturated heterocycles. The lowest BCUT2D eigenvalue weighted by Crippen LogP contribution is -3.28. The van der Waals surface area contributed by atoms with E-state index in [0.717, 1.165) is 51.1 Å². The molecule has 2 heterocycles. The van der Waals surface area contributed by atoms with E-state index in [1.807, 2.05) is 16.2 Å². The zero-order chi connectivity index (χ0) is 20.8. The number of carbonyl (C=O) groups is 1. The summed E-state index contributed by atoms with van der Waals surface area (Å²) >= 11 is 1.81. The Balaban J connectivity index is 1.28. The Morgan fingerprint density at radius 3 is 2.70 bits per heavy atom. The molecule has 30 heavy (non-hydrogen) atoms. The van der Waals surface area contributed by atoms with Gasteiger partial charge in [-0.3, -0.25) is 4.79 Å². The second-order valence-corrected chi connectivity index (χ2v) is 9.52. The lowest BCUT2D eigenvalue weighted by molar-refractivity contribution is -1.02. The van der Waals surface area contributed by atoms with Crippen molar-refractivity contribution in [2.75, 3.05) is 53.0 Å². The monoisotopic (exact) mass is 430 g/mol. The van der Waals surface area contributed by atoms with E-state index in [-0.39, 0.29) is 5.91 Å². The minimum absolute atomic E-state index is 0.254. The van der Waals surface area contributed by atoms with Gasteiger partial charge in [0.25, 0.3) is 5.91 Å². The SMILES string of the molecule is COCCN(C(=O)C[NH+]1CC[NH+](Cc2nc3ccccc3s2)CC1)C1=CCCCC1. The molecule has 7 heteroatoms. The molecule has 0 atom stereocenters. The van der Waals surface area contributed by atoms with E-state index >= 15 is 0 Å². The number of allylic oxidation sites excluding steroid dienone is 2. The predicted octanol–water partition coefficient (Wildman–Crippen LogP) is 0.513. The van der Waals surface area contributed by atoms with Gasteiger partial charge >= 0.3 is 0 Å². The van der Waals surface area contributed by atoms with Crippen LogP contribution in [0.15, 0.2) is 36.0 Å². The molecule has 6 nitrogen and oxygen atoms in total. The first-order valence-electron chi connectivity index (χ1n) is 11.2. The number of hydrogen-bond acceptors (Lipinski definition) is 4. The summed E-state index contributed by atoms with van der Waals surface area (Å²) in [6.45, 7) is 7.13. The van der Waals surface area contributed by atoms with Crippen LogP contribution >= 0.6 is 11.3 Å². The van der Waals surface area contributed by atoms with E-state index < -0.39 is 0 Å². The summed E-state index contributed by atoms with van der Waals surface area (Å²) in [5, 5.41) is 1.22. The third kappa shape index (κ3) is 5.46. The molecule has 1 amide bonds. The number of benzene rings is 1. The fourth-order valence-corrected chi connectivity index (χ4v) is 5.55. The second kappa shape index (κ2) is 10.5. The fraction of sp³-hybridized carbons (Fsp3) is 0.565. The highest BCUT2D eigenvalue weighted by molar-refractivity contribution is 7.18. The molecule has 0 radical (unpaired) electrons. The van der Waals surface area contributed by atoms with Crippen molar-refractivity contribution in [3.8, 4) is 0 Å². The average molecular weight is 431 g/mol. The maximum absolute atomic E-state index is 13.1. The van der Waals surface area contributed by atoms with Gasteiger partial charge in [0.05, 0.1) is 16.8 Å². The van der Waals surface area contributed by atoms with Gasteiger partial charge in [0.2, 0.25) is 0 Å². The Bertz CT molecular complexity index is 840. The Morgan fingerprint density at radius 1 is 1.17 bits per heavy atom. The van der Waals surface area contributed by atoms with Gasteiger partial charge in [-0.2, -0.15) is 0 Å². The molecule has 1 aromatic carbocycles. The van der Waals surface area contributed by atoms with E-state index in [2.05, 4.69) is 30.3 Å². The molecule has 0 saturated carbocycles. The number of fused-ring (bicyclic) bond motifs is 1. The molecular weight excluding hydrogens is 396 g/mol. The molecule has 0 bridgehead atoms. The van der Waals surface area contributed by atoms with Crippen LogP contribution in [0.25, 0.3) is 10.2 Å². The van der Waals surface area contributed by atoms with Gasteiger partial charge in [-0.15, -0.1) is 11.3 Å². The summed E-state index contributed by atoms with van der Waals surface area (Å²) in [6, 6.07) is 8.37. The molecule has 1 aromatic heterocycles. The van der Waals surface area contributed by atoms with E-state index in [0.29, 0.717) is 19.7 Å². The van der Waals surface area contributed by atoms with Gasteiger partial charge in [0, 0.05) is 19.4 Å². The Hall–Kier alpha value is -1.80. The number of nitrogens with one attached hydrogen (secondary N) is 2. The van der Waals surface area contributed by atoms with Crippen LogP contribution in [0.2, 0.25) is 0 Å². The van der Waals surface area contributed by atoms with Crippen molar-refractivity contribution in [1.82, 2.24) is 9.88 Å². The van der Waals surface area contributed by atoms with Crippen LogP contribution < -0.4 is 9.80 Å². The number of amides is 1. The predicted molar refractivity (Wildman–Crippen MR) is 120 cm³/mol. The molecule has 2 aliphatic rings. The topological polar surface area (TPSA) is 51.3 Å². The molecule has 0 unspecified atom stereocenters. The average Bonchev–Trinajstić information content (AvgIpc) is 3.18. The zero-order valence-electron chi connectivity index (χ0n) is 18.0. The number of nitrogens with zero attached hydrogens (tertiary/aromatic N) is 2. The second-order valence-electron chi connectivity index (χ2n) is 8.41. The third-order valence-electron chi connectivity index (χ3n) is 6.24. The van der Waals surface area contributed by atoms with Gasteiger partial charge < -0.3 is 19.4 Å². The molecule has 0 spiro atoms. The number of rotatable bonds is 8.